The number of carbonyl (C=O) groups excluding carboxylic acids is 1. The van der Waals surface area contributed by atoms with E-state index in [1.165, 1.54) is 11.3 Å². The van der Waals surface area contributed by atoms with Crippen LogP contribution >= 0.6 is 22.7 Å². The summed E-state index contributed by atoms with van der Waals surface area (Å²) < 4.78 is 12.5. The van der Waals surface area contributed by atoms with Gasteiger partial charge in [-0.1, -0.05) is 35.6 Å². The summed E-state index contributed by atoms with van der Waals surface area (Å²) in [5.41, 5.74) is 3.47. The number of methoxy groups -OCH3 is 2. The highest BCUT2D eigenvalue weighted by molar-refractivity contribution is 7.19. The van der Waals surface area contributed by atoms with Crippen molar-refractivity contribution in [2.75, 3.05) is 19.5 Å². The van der Waals surface area contributed by atoms with Crippen molar-refractivity contribution >= 4 is 33.7 Å². The SMILES string of the molecule is COc1ccc(-c2cn(-c3ccccc3)nc2C(=O)Nc2nnc(-c3ccsc3)s2)cc1OC. The molecule has 0 unspecified atom stereocenters. The largest absolute Gasteiger partial charge is 0.493 e. The second-order valence-corrected chi connectivity index (χ2v) is 8.88. The number of ether oxygens (including phenoxy) is 2. The molecule has 170 valence electrons. The second kappa shape index (κ2) is 9.46. The molecule has 0 saturated carbocycles. The van der Waals surface area contributed by atoms with Gasteiger partial charge in [-0.15, -0.1) is 10.2 Å². The molecule has 3 heterocycles. The number of aromatic nitrogens is 4. The van der Waals surface area contributed by atoms with Gasteiger partial charge in [-0.3, -0.25) is 10.1 Å². The van der Waals surface area contributed by atoms with Gasteiger partial charge in [0.05, 0.1) is 19.9 Å². The van der Waals surface area contributed by atoms with Crippen molar-refractivity contribution in [3.05, 3.63) is 77.2 Å². The van der Waals surface area contributed by atoms with Gasteiger partial charge in [0.15, 0.2) is 17.2 Å². The quantitative estimate of drug-likeness (QED) is 0.330. The van der Waals surface area contributed by atoms with Crippen LogP contribution in [0.1, 0.15) is 10.5 Å². The third kappa shape index (κ3) is 4.28. The van der Waals surface area contributed by atoms with Crippen molar-refractivity contribution in [2.45, 2.75) is 0 Å². The summed E-state index contributed by atoms with van der Waals surface area (Å²) in [6, 6.07) is 17.1. The molecule has 1 N–H and O–H groups in total. The molecule has 0 saturated heterocycles. The molecule has 0 fully saturated rings. The van der Waals surface area contributed by atoms with Crippen LogP contribution in [0.3, 0.4) is 0 Å². The average molecular weight is 490 g/mol. The van der Waals surface area contributed by atoms with Crippen LogP contribution in [-0.4, -0.2) is 40.1 Å². The van der Waals surface area contributed by atoms with E-state index in [1.807, 2.05) is 65.5 Å². The lowest BCUT2D eigenvalue weighted by Crippen LogP contribution is -2.14. The van der Waals surface area contributed by atoms with E-state index in [1.54, 1.807) is 36.3 Å². The first kappa shape index (κ1) is 21.8. The highest BCUT2D eigenvalue weighted by Gasteiger charge is 2.22. The zero-order valence-electron chi connectivity index (χ0n) is 18.3. The molecular weight excluding hydrogens is 470 g/mol. The fourth-order valence-corrected chi connectivity index (χ4v) is 4.85. The van der Waals surface area contributed by atoms with Crippen LogP contribution in [0.4, 0.5) is 5.13 Å². The number of hydrogen-bond donors (Lipinski definition) is 1. The topological polar surface area (TPSA) is 91.2 Å². The Bertz CT molecular complexity index is 1430. The van der Waals surface area contributed by atoms with Gasteiger partial charge in [0.1, 0.15) is 5.01 Å². The van der Waals surface area contributed by atoms with Gasteiger partial charge in [0, 0.05) is 22.7 Å². The third-order valence-electron chi connectivity index (χ3n) is 5.06. The minimum Gasteiger partial charge on any atom is -0.493 e. The number of nitrogens with one attached hydrogen (secondary N) is 1. The number of para-hydroxylation sites is 1. The number of benzene rings is 2. The van der Waals surface area contributed by atoms with Gasteiger partial charge >= 0.3 is 0 Å². The van der Waals surface area contributed by atoms with Crippen LogP contribution in [-0.2, 0) is 0 Å². The monoisotopic (exact) mass is 489 g/mol. The van der Waals surface area contributed by atoms with Crippen molar-refractivity contribution in [3.63, 3.8) is 0 Å². The molecule has 3 aromatic heterocycles. The van der Waals surface area contributed by atoms with Crippen LogP contribution in [0.5, 0.6) is 11.5 Å². The van der Waals surface area contributed by atoms with Crippen molar-refractivity contribution in [1.82, 2.24) is 20.0 Å². The molecule has 34 heavy (non-hydrogen) atoms. The maximum atomic E-state index is 13.3. The Kier molecular flexibility index (Phi) is 6.07. The molecule has 1 amide bonds. The lowest BCUT2D eigenvalue weighted by molar-refractivity contribution is 0.102. The molecule has 10 heteroatoms. The molecule has 0 bridgehead atoms. The molecule has 5 aromatic rings. The van der Waals surface area contributed by atoms with Crippen molar-refractivity contribution in [3.8, 4) is 38.9 Å². The van der Waals surface area contributed by atoms with Gasteiger partial charge < -0.3 is 9.47 Å². The first-order valence-electron chi connectivity index (χ1n) is 10.2. The lowest BCUT2D eigenvalue weighted by atomic mass is 10.1. The number of anilines is 1. The van der Waals surface area contributed by atoms with Crippen molar-refractivity contribution in [2.24, 2.45) is 0 Å². The average Bonchev–Trinajstić information content (AvgIpc) is 3.65. The van der Waals surface area contributed by atoms with Gasteiger partial charge in [0.2, 0.25) is 5.13 Å². The first-order valence-corrected chi connectivity index (χ1v) is 12.0. The zero-order valence-corrected chi connectivity index (χ0v) is 19.9. The number of carbonyl (C=O) groups is 1. The summed E-state index contributed by atoms with van der Waals surface area (Å²) in [4.78, 5) is 13.3. The van der Waals surface area contributed by atoms with Gasteiger partial charge in [-0.2, -0.15) is 16.4 Å². The number of amides is 1. The highest BCUT2D eigenvalue weighted by Crippen LogP contribution is 2.34. The minimum absolute atomic E-state index is 0.253. The van der Waals surface area contributed by atoms with Crippen LogP contribution in [0.2, 0.25) is 0 Å². The molecule has 2 aromatic carbocycles. The molecule has 0 atom stereocenters. The van der Waals surface area contributed by atoms with Crippen LogP contribution < -0.4 is 14.8 Å². The zero-order chi connectivity index (χ0) is 23.5. The summed E-state index contributed by atoms with van der Waals surface area (Å²) >= 11 is 2.89. The van der Waals surface area contributed by atoms with E-state index >= 15 is 0 Å². The maximum absolute atomic E-state index is 13.3. The summed E-state index contributed by atoms with van der Waals surface area (Å²) in [5, 5.41) is 20.9. The number of rotatable bonds is 7. The molecule has 8 nitrogen and oxygen atoms in total. The fraction of sp³-hybridized carbons (Fsp3) is 0.0833. The summed E-state index contributed by atoms with van der Waals surface area (Å²) in [6.45, 7) is 0. The third-order valence-corrected chi connectivity index (χ3v) is 6.63. The molecule has 0 aliphatic carbocycles. The fourth-order valence-electron chi connectivity index (χ4n) is 3.40. The first-order chi connectivity index (χ1) is 16.7. The molecule has 0 radical (unpaired) electrons. The Morgan fingerprint density at radius 2 is 1.79 bits per heavy atom. The number of thiophene rings is 1. The van der Waals surface area contributed by atoms with Gasteiger partial charge in [0.25, 0.3) is 5.91 Å². The Morgan fingerprint density at radius 1 is 0.971 bits per heavy atom. The van der Waals surface area contributed by atoms with E-state index < -0.39 is 0 Å². The lowest BCUT2D eigenvalue weighted by Gasteiger charge is -2.09. The van der Waals surface area contributed by atoms with Crippen LogP contribution in [0.25, 0.3) is 27.4 Å². The van der Waals surface area contributed by atoms with E-state index in [4.69, 9.17) is 9.47 Å². The van der Waals surface area contributed by atoms with E-state index in [0.717, 1.165) is 21.8 Å². The standard InChI is InChI=1S/C24H19N5O3S2/c1-31-19-9-8-15(12-20(19)32-2)18-13-29(17-6-4-3-5-7-17)28-21(18)22(30)25-24-27-26-23(34-24)16-10-11-33-14-16/h3-14H,1-2H3,(H,25,27,30). The smallest absolute Gasteiger partial charge is 0.278 e. The summed E-state index contributed by atoms with van der Waals surface area (Å²) in [7, 11) is 3.15. The second-order valence-electron chi connectivity index (χ2n) is 7.12. The van der Waals surface area contributed by atoms with Gasteiger partial charge in [-0.05, 0) is 41.3 Å². The Morgan fingerprint density at radius 3 is 2.53 bits per heavy atom. The Hall–Kier alpha value is -4.02. The summed E-state index contributed by atoms with van der Waals surface area (Å²) in [5.74, 6) is 0.776. The molecule has 0 aliphatic rings. The van der Waals surface area contributed by atoms with E-state index in [0.29, 0.717) is 22.2 Å². The minimum atomic E-state index is -0.382. The van der Waals surface area contributed by atoms with Crippen LogP contribution in [0.15, 0.2) is 71.6 Å². The van der Waals surface area contributed by atoms with Crippen molar-refractivity contribution in [1.29, 1.82) is 0 Å². The van der Waals surface area contributed by atoms with E-state index in [9.17, 15) is 4.79 Å². The number of nitrogens with zero attached hydrogens (tertiary/aromatic N) is 4. The molecule has 5 rings (SSSR count). The Labute approximate surface area is 203 Å². The molecule has 0 spiro atoms. The van der Waals surface area contributed by atoms with Crippen LogP contribution in [0, 0.1) is 0 Å². The molecular formula is C24H19N5O3S2. The number of hydrogen-bond acceptors (Lipinski definition) is 8. The van der Waals surface area contributed by atoms with E-state index in [2.05, 4.69) is 20.6 Å². The predicted octanol–water partition coefficient (Wildman–Crippen LogP) is 5.39. The summed E-state index contributed by atoms with van der Waals surface area (Å²) in [6.07, 6.45) is 1.82. The highest BCUT2D eigenvalue weighted by atomic mass is 32.1. The molecule has 0 aliphatic heterocycles. The maximum Gasteiger partial charge on any atom is 0.278 e. The van der Waals surface area contributed by atoms with Gasteiger partial charge in [-0.25, -0.2) is 4.68 Å². The van der Waals surface area contributed by atoms with Crippen molar-refractivity contribution < 1.29 is 14.3 Å². The van der Waals surface area contributed by atoms with E-state index in [-0.39, 0.29) is 11.6 Å². The Balaban J connectivity index is 1.53. The normalized spacial score (nSPS) is 10.8. The predicted molar refractivity (Wildman–Crippen MR) is 133 cm³/mol.